The monoisotopic (exact) mass is 445 g/mol. The van der Waals surface area contributed by atoms with Crippen LogP contribution in [0.15, 0.2) is 57.8 Å². The lowest BCUT2D eigenvalue weighted by molar-refractivity contribution is 0.273. The van der Waals surface area contributed by atoms with Crippen molar-refractivity contribution in [2.45, 2.75) is 26.0 Å². The second-order valence-corrected chi connectivity index (χ2v) is 7.49. The van der Waals surface area contributed by atoms with Crippen molar-refractivity contribution in [3.8, 4) is 17.2 Å². The van der Waals surface area contributed by atoms with Crippen LogP contribution in [-0.4, -0.2) is 22.5 Å². The molecule has 0 radical (unpaired) electrons. The lowest BCUT2D eigenvalue weighted by Gasteiger charge is -2.14. The first-order valence-corrected chi connectivity index (χ1v) is 9.78. The fraction of sp³-hybridized carbons (Fsp3) is 0.286. The summed E-state index contributed by atoms with van der Waals surface area (Å²) >= 11 is 3.42. The van der Waals surface area contributed by atoms with Gasteiger partial charge in [-0.05, 0) is 59.1 Å². The minimum absolute atomic E-state index is 0.0692. The molecule has 148 valence electrons. The lowest BCUT2D eigenvalue weighted by atomic mass is 10.1. The van der Waals surface area contributed by atoms with E-state index >= 15 is 0 Å². The Labute approximate surface area is 172 Å². The summed E-state index contributed by atoms with van der Waals surface area (Å²) in [5.74, 6) is 1.25. The van der Waals surface area contributed by atoms with Crippen molar-refractivity contribution in [1.82, 2.24) is 9.36 Å². The predicted octanol–water partition coefficient (Wildman–Crippen LogP) is 3.42. The van der Waals surface area contributed by atoms with Crippen molar-refractivity contribution in [2.24, 2.45) is 12.8 Å². The highest BCUT2D eigenvalue weighted by atomic mass is 79.9. The third kappa shape index (κ3) is 4.15. The Hall–Kier alpha value is -2.51. The van der Waals surface area contributed by atoms with Gasteiger partial charge < -0.3 is 15.2 Å². The molecule has 0 spiro atoms. The highest BCUT2D eigenvalue weighted by Crippen LogP contribution is 2.30. The van der Waals surface area contributed by atoms with Gasteiger partial charge in [0.05, 0.1) is 18.5 Å². The van der Waals surface area contributed by atoms with Crippen LogP contribution in [0.1, 0.15) is 18.2 Å². The van der Waals surface area contributed by atoms with Gasteiger partial charge in [-0.1, -0.05) is 24.3 Å². The van der Waals surface area contributed by atoms with Gasteiger partial charge in [-0.25, -0.2) is 4.68 Å². The summed E-state index contributed by atoms with van der Waals surface area (Å²) in [6.45, 7) is 2.18. The molecule has 0 fully saturated rings. The highest BCUT2D eigenvalue weighted by molar-refractivity contribution is 9.10. The van der Waals surface area contributed by atoms with E-state index in [1.54, 1.807) is 16.5 Å². The predicted molar refractivity (Wildman–Crippen MR) is 113 cm³/mol. The maximum absolute atomic E-state index is 12.7. The standard InChI is InChI=1S/C21H24BrN3O3/c1-14(23)11-15-9-10-18(19(12-15)27-3)28-13-17-20(22)21(26)25(24(17)2)16-7-5-4-6-8-16/h4-10,12,14H,11,13,23H2,1-3H3. The molecule has 0 saturated heterocycles. The molecule has 0 aliphatic rings. The lowest BCUT2D eigenvalue weighted by Crippen LogP contribution is -2.19. The van der Waals surface area contributed by atoms with Crippen LogP contribution in [0.4, 0.5) is 0 Å². The van der Waals surface area contributed by atoms with Gasteiger partial charge in [-0.2, -0.15) is 0 Å². The Bertz CT molecular complexity index is 1010. The topological polar surface area (TPSA) is 71.4 Å². The van der Waals surface area contributed by atoms with E-state index in [9.17, 15) is 4.79 Å². The summed E-state index contributed by atoms with van der Waals surface area (Å²) in [7, 11) is 3.44. The average Bonchev–Trinajstić information content (AvgIpc) is 2.89. The molecule has 0 bridgehead atoms. The molecular weight excluding hydrogens is 422 g/mol. The number of methoxy groups -OCH3 is 1. The number of hydrogen-bond acceptors (Lipinski definition) is 4. The van der Waals surface area contributed by atoms with E-state index in [1.807, 2.05) is 62.5 Å². The van der Waals surface area contributed by atoms with Crippen LogP contribution in [0.5, 0.6) is 11.5 Å². The molecule has 0 aliphatic carbocycles. The van der Waals surface area contributed by atoms with Gasteiger partial charge in [0, 0.05) is 13.1 Å². The molecule has 1 aromatic heterocycles. The molecule has 28 heavy (non-hydrogen) atoms. The summed E-state index contributed by atoms with van der Waals surface area (Å²) in [6, 6.07) is 15.3. The number of nitrogens with two attached hydrogens (primary N) is 1. The van der Waals surface area contributed by atoms with Gasteiger partial charge >= 0.3 is 0 Å². The second-order valence-electron chi connectivity index (χ2n) is 6.69. The number of hydrogen-bond donors (Lipinski definition) is 1. The fourth-order valence-corrected chi connectivity index (χ4v) is 3.65. The first-order valence-electron chi connectivity index (χ1n) is 8.99. The molecule has 0 aliphatic heterocycles. The zero-order chi connectivity index (χ0) is 20.3. The quantitative estimate of drug-likeness (QED) is 0.604. The average molecular weight is 446 g/mol. The fourth-order valence-electron chi connectivity index (χ4n) is 3.11. The summed E-state index contributed by atoms with van der Waals surface area (Å²) in [6.07, 6.45) is 0.761. The summed E-state index contributed by atoms with van der Waals surface area (Å²) in [5.41, 5.74) is 8.35. The SMILES string of the molecule is COc1cc(CC(C)N)ccc1OCc1c(Br)c(=O)n(-c2ccccc2)n1C. The molecule has 2 aromatic carbocycles. The first kappa shape index (κ1) is 20.2. The van der Waals surface area contributed by atoms with Crippen molar-refractivity contribution in [3.63, 3.8) is 0 Å². The van der Waals surface area contributed by atoms with Gasteiger partial charge in [0.15, 0.2) is 11.5 Å². The number of ether oxygens (including phenoxy) is 2. The minimum Gasteiger partial charge on any atom is -0.493 e. The van der Waals surface area contributed by atoms with Crippen LogP contribution < -0.4 is 20.8 Å². The summed E-state index contributed by atoms with van der Waals surface area (Å²) in [5, 5.41) is 0. The molecule has 2 N–H and O–H groups in total. The molecule has 3 rings (SSSR count). The number of nitrogens with zero attached hydrogens (tertiary/aromatic N) is 2. The molecule has 3 aromatic rings. The zero-order valence-electron chi connectivity index (χ0n) is 16.2. The molecule has 1 heterocycles. The molecule has 6 nitrogen and oxygen atoms in total. The number of benzene rings is 2. The Morgan fingerprint density at radius 2 is 1.86 bits per heavy atom. The maximum Gasteiger partial charge on any atom is 0.286 e. The molecular formula is C21H24BrN3O3. The molecule has 1 atom stereocenters. The molecule has 1 unspecified atom stereocenters. The van der Waals surface area contributed by atoms with Gasteiger partial charge in [-0.3, -0.25) is 9.48 Å². The third-order valence-electron chi connectivity index (χ3n) is 4.47. The highest BCUT2D eigenvalue weighted by Gasteiger charge is 2.18. The zero-order valence-corrected chi connectivity index (χ0v) is 17.8. The third-order valence-corrected chi connectivity index (χ3v) is 5.27. The van der Waals surface area contributed by atoms with Gasteiger partial charge in [0.2, 0.25) is 0 Å². The normalized spacial score (nSPS) is 12.0. The Morgan fingerprint density at radius 3 is 2.50 bits per heavy atom. The Morgan fingerprint density at radius 1 is 1.14 bits per heavy atom. The molecule has 0 saturated carbocycles. The van der Waals surface area contributed by atoms with Crippen molar-refractivity contribution in [3.05, 3.63) is 74.6 Å². The van der Waals surface area contributed by atoms with E-state index in [2.05, 4.69) is 15.9 Å². The molecule has 0 amide bonds. The van der Waals surface area contributed by atoms with Crippen molar-refractivity contribution in [2.75, 3.05) is 7.11 Å². The van der Waals surface area contributed by atoms with Crippen molar-refractivity contribution >= 4 is 15.9 Å². The number of halogens is 1. The van der Waals surface area contributed by atoms with Gasteiger partial charge in [0.1, 0.15) is 11.1 Å². The van der Waals surface area contributed by atoms with Gasteiger partial charge in [-0.15, -0.1) is 0 Å². The Kier molecular flexibility index (Phi) is 6.26. The number of aromatic nitrogens is 2. The smallest absolute Gasteiger partial charge is 0.286 e. The first-order chi connectivity index (χ1) is 13.4. The van der Waals surface area contributed by atoms with E-state index in [0.29, 0.717) is 16.0 Å². The van der Waals surface area contributed by atoms with Crippen molar-refractivity contribution < 1.29 is 9.47 Å². The molecule has 7 heteroatoms. The summed E-state index contributed by atoms with van der Waals surface area (Å²) in [4.78, 5) is 12.7. The van der Waals surface area contributed by atoms with Gasteiger partial charge in [0.25, 0.3) is 5.56 Å². The largest absolute Gasteiger partial charge is 0.493 e. The minimum atomic E-state index is -0.133. The van der Waals surface area contributed by atoms with E-state index in [-0.39, 0.29) is 18.2 Å². The van der Waals surface area contributed by atoms with Crippen LogP contribution in [0.2, 0.25) is 0 Å². The van der Waals surface area contributed by atoms with Crippen LogP contribution in [0.3, 0.4) is 0 Å². The van der Waals surface area contributed by atoms with E-state index in [4.69, 9.17) is 15.2 Å². The summed E-state index contributed by atoms with van der Waals surface area (Å²) < 4.78 is 15.3. The maximum atomic E-state index is 12.7. The van der Waals surface area contributed by atoms with Crippen LogP contribution in [0, 0.1) is 0 Å². The van der Waals surface area contributed by atoms with Crippen molar-refractivity contribution in [1.29, 1.82) is 0 Å². The van der Waals surface area contributed by atoms with Crippen LogP contribution >= 0.6 is 15.9 Å². The van der Waals surface area contributed by atoms with E-state index in [0.717, 1.165) is 23.4 Å². The number of para-hydroxylation sites is 1. The second kappa shape index (κ2) is 8.67. The van der Waals surface area contributed by atoms with Crippen LogP contribution in [-0.2, 0) is 20.1 Å². The van der Waals surface area contributed by atoms with Crippen LogP contribution in [0.25, 0.3) is 5.69 Å². The van der Waals surface area contributed by atoms with E-state index in [1.165, 1.54) is 0 Å². The van der Waals surface area contributed by atoms with E-state index < -0.39 is 0 Å². The number of rotatable bonds is 7. The Balaban J connectivity index is 1.87.